The number of nitrogens with one attached hydrogen (secondary N) is 2. The van der Waals surface area contributed by atoms with E-state index in [1.54, 1.807) is 12.1 Å². The molecule has 4 heterocycles. The summed E-state index contributed by atoms with van der Waals surface area (Å²) in [5.41, 5.74) is 1.14. The molecule has 0 bridgehead atoms. The number of halogens is 1. The van der Waals surface area contributed by atoms with Crippen LogP contribution in [0.25, 0.3) is 10.7 Å². The third-order valence-electron chi connectivity index (χ3n) is 5.79. The van der Waals surface area contributed by atoms with Crippen molar-refractivity contribution in [1.82, 2.24) is 24.8 Å². The Bertz CT molecular complexity index is 1340. The highest BCUT2D eigenvalue weighted by atomic mass is 35.5. The summed E-state index contributed by atoms with van der Waals surface area (Å²) in [5, 5.41) is 15.2. The minimum absolute atomic E-state index is 0.142. The molecule has 3 aromatic heterocycles. The van der Waals surface area contributed by atoms with Crippen LogP contribution >= 0.6 is 22.9 Å². The molecule has 1 aliphatic heterocycles. The number of benzene rings is 1. The Kier molecular flexibility index (Phi) is 7.85. The summed E-state index contributed by atoms with van der Waals surface area (Å²) in [6.45, 7) is 3.88. The standard InChI is InChI=1S/C25H25ClN8O2S/c26-20-8-7-19(37-20)22-30-24(32-25(31-22)34-12-10-33(11-13-34)14-15-35)29-21-9-6-17(16-27-21)23(36)28-18-4-2-1-3-5-18/h1-9,16,35H,10-15H2,(H,28,36)(H,27,29,30,31,32). The Labute approximate surface area is 223 Å². The number of carbonyl (C=O) groups is 1. The summed E-state index contributed by atoms with van der Waals surface area (Å²) >= 11 is 7.55. The quantitative estimate of drug-likeness (QED) is 0.309. The fraction of sp³-hybridized carbons (Fsp3) is 0.240. The number of aromatic nitrogens is 4. The summed E-state index contributed by atoms with van der Waals surface area (Å²) in [6.07, 6.45) is 1.50. The molecule has 0 radical (unpaired) electrons. The maximum Gasteiger partial charge on any atom is 0.257 e. The van der Waals surface area contributed by atoms with Crippen molar-refractivity contribution in [1.29, 1.82) is 0 Å². The Hall–Kier alpha value is -3.64. The second-order valence-electron chi connectivity index (χ2n) is 8.32. The van der Waals surface area contributed by atoms with Gasteiger partial charge in [-0.3, -0.25) is 9.69 Å². The minimum Gasteiger partial charge on any atom is -0.395 e. The first kappa shape index (κ1) is 25.0. The highest BCUT2D eigenvalue weighted by molar-refractivity contribution is 7.19. The topological polar surface area (TPSA) is 119 Å². The molecule has 10 nitrogen and oxygen atoms in total. The molecule has 4 aromatic rings. The van der Waals surface area contributed by atoms with Gasteiger partial charge in [0.15, 0.2) is 5.82 Å². The summed E-state index contributed by atoms with van der Waals surface area (Å²) in [7, 11) is 0. The van der Waals surface area contributed by atoms with Crippen LogP contribution in [0.15, 0.2) is 60.8 Å². The molecule has 37 heavy (non-hydrogen) atoms. The maximum atomic E-state index is 12.5. The van der Waals surface area contributed by atoms with E-state index in [0.29, 0.717) is 45.7 Å². The van der Waals surface area contributed by atoms with Gasteiger partial charge in [0.2, 0.25) is 11.9 Å². The lowest BCUT2D eigenvalue weighted by Crippen LogP contribution is -2.47. The van der Waals surface area contributed by atoms with Gasteiger partial charge in [0.05, 0.1) is 21.4 Å². The number of carbonyl (C=O) groups excluding carboxylic acids is 1. The van der Waals surface area contributed by atoms with Crippen LogP contribution in [-0.4, -0.2) is 75.2 Å². The zero-order valence-corrected chi connectivity index (χ0v) is 21.4. The molecule has 3 N–H and O–H groups in total. The lowest BCUT2D eigenvalue weighted by molar-refractivity contribution is 0.102. The molecule has 0 aliphatic carbocycles. The number of amides is 1. The van der Waals surface area contributed by atoms with Crippen molar-refractivity contribution in [3.05, 3.63) is 70.7 Å². The van der Waals surface area contributed by atoms with E-state index < -0.39 is 0 Å². The zero-order valence-electron chi connectivity index (χ0n) is 19.8. The second-order valence-corrected chi connectivity index (χ2v) is 10.0. The molecule has 0 saturated carbocycles. The third kappa shape index (κ3) is 6.38. The van der Waals surface area contributed by atoms with Crippen LogP contribution in [-0.2, 0) is 0 Å². The number of thiophene rings is 1. The lowest BCUT2D eigenvalue weighted by Gasteiger charge is -2.34. The highest BCUT2D eigenvalue weighted by Gasteiger charge is 2.21. The number of nitrogens with zero attached hydrogens (tertiary/aromatic N) is 6. The fourth-order valence-corrected chi connectivity index (χ4v) is 4.84. The van der Waals surface area contributed by atoms with E-state index >= 15 is 0 Å². The average Bonchev–Trinajstić information content (AvgIpc) is 3.36. The van der Waals surface area contributed by atoms with Gasteiger partial charge in [0, 0.05) is 44.6 Å². The van der Waals surface area contributed by atoms with Gasteiger partial charge in [-0.05, 0) is 36.4 Å². The molecule has 1 aliphatic rings. The molecule has 190 valence electrons. The van der Waals surface area contributed by atoms with Gasteiger partial charge in [0.25, 0.3) is 5.91 Å². The number of pyridine rings is 1. The number of aliphatic hydroxyl groups excluding tert-OH is 1. The Balaban J connectivity index is 1.34. The molecule has 0 atom stereocenters. The predicted octanol–water partition coefficient (Wildman–Crippen LogP) is 3.76. The van der Waals surface area contributed by atoms with E-state index in [0.717, 1.165) is 31.1 Å². The van der Waals surface area contributed by atoms with E-state index in [4.69, 9.17) is 16.6 Å². The van der Waals surface area contributed by atoms with E-state index in [-0.39, 0.29) is 12.5 Å². The van der Waals surface area contributed by atoms with Gasteiger partial charge in [-0.25, -0.2) is 4.98 Å². The van der Waals surface area contributed by atoms with Crippen molar-refractivity contribution >= 4 is 52.2 Å². The molecule has 0 spiro atoms. The van der Waals surface area contributed by atoms with Crippen molar-refractivity contribution in [2.45, 2.75) is 0 Å². The number of β-amino-alcohol motifs (C(OH)–C–C–N with tert-alkyl or cyclic N) is 1. The molecule has 12 heteroatoms. The van der Waals surface area contributed by atoms with E-state index in [1.165, 1.54) is 17.5 Å². The van der Waals surface area contributed by atoms with Gasteiger partial charge in [-0.15, -0.1) is 11.3 Å². The third-order valence-corrected chi connectivity index (χ3v) is 7.01. The molecular formula is C25H25ClN8O2S. The van der Waals surface area contributed by atoms with Crippen molar-refractivity contribution in [3.63, 3.8) is 0 Å². The number of para-hydroxylation sites is 1. The number of hydrogen-bond donors (Lipinski definition) is 3. The number of piperazine rings is 1. The predicted molar refractivity (Wildman–Crippen MR) is 146 cm³/mol. The van der Waals surface area contributed by atoms with Crippen LogP contribution in [0, 0.1) is 0 Å². The second kappa shape index (κ2) is 11.6. The molecule has 5 rings (SSSR count). The monoisotopic (exact) mass is 536 g/mol. The first-order valence-electron chi connectivity index (χ1n) is 11.8. The average molecular weight is 537 g/mol. The van der Waals surface area contributed by atoms with Crippen molar-refractivity contribution in [3.8, 4) is 10.7 Å². The van der Waals surface area contributed by atoms with Gasteiger partial charge in [-0.2, -0.15) is 15.0 Å². The normalized spacial score (nSPS) is 13.9. The molecule has 0 unspecified atom stereocenters. The van der Waals surface area contributed by atoms with E-state index in [2.05, 4.69) is 35.4 Å². The summed E-state index contributed by atoms with van der Waals surface area (Å²) in [4.78, 5) is 36.0. The van der Waals surface area contributed by atoms with Crippen molar-refractivity contribution in [2.24, 2.45) is 0 Å². The summed E-state index contributed by atoms with van der Waals surface area (Å²) < 4.78 is 0.648. The number of anilines is 4. The van der Waals surface area contributed by atoms with Crippen LogP contribution in [0.5, 0.6) is 0 Å². The molecular weight excluding hydrogens is 512 g/mol. The Morgan fingerprint density at radius 1 is 1.00 bits per heavy atom. The molecule has 1 saturated heterocycles. The first-order chi connectivity index (χ1) is 18.1. The van der Waals surface area contributed by atoms with E-state index in [1.807, 2.05) is 42.5 Å². The number of aliphatic hydroxyl groups is 1. The zero-order chi connectivity index (χ0) is 25.6. The van der Waals surface area contributed by atoms with Crippen LogP contribution in [0.4, 0.5) is 23.4 Å². The first-order valence-corrected chi connectivity index (χ1v) is 13.0. The minimum atomic E-state index is -0.245. The summed E-state index contributed by atoms with van der Waals surface area (Å²) in [5.74, 6) is 1.66. The largest absolute Gasteiger partial charge is 0.395 e. The summed E-state index contributed by atoms with van der Waals surface area (Å²) in [6, 6.07) is 16.3. The molecule has 1 amide bonds. The lowest BCUT2D eigenvalue weighted by atomic mass is 10.2. The van der Waals surface area contributed by atoms with Crippen LogP contribution in [0.1, 0.15) is 10.4 Å². The van der Waals surface area contributed by atoms with E-state index in [9.17, 15) is 9.90 Å². The van der Waals surface area contributed by atoms with Crippen molar-refractivity contribution < 1.29 is 9.90 Å². The Morgan fingerprint density at radius 2 is 1.81 bits per heavy atom. The van der Waals surface area contributed by atoms with Crippen LogP contribution in [0.2, 0.25) is 4.34 Å². The highest BCUT2D eigenvalue weighted by Crippen LogP contribution is 2.30. The smallest absolute Gasteiger partial charge is 0.257 e. The van der Waals surface area contributed by atoms with Gasteiger partial charge in [0.1, 0.15) is 5.82 Å². The van der Waals surface area contributed by atoms with Gasteiger partial charge >= 0.3 is 0 Å². The van der Waals surface area contributed by atoms with Gasteiger partial charge < -0.3 is 20.6 Å². The number of hydrogen-bond acceptors (Lipinski definition) is 10. The van der Waals surface area contributed by atoms with Gasteiger partial charge in [-0.1, -0.05) is 29.8 Å². The van der Waals surface area contributed by atoms with Crippen LogP contribution in [0.3, 0.4) is 0 Å². The Morgan fingerprint density at radius 3 is 2.49 bits per heavy atom. The van der Waals surface area contributed by atoms with Crippen molar-refractivity contribution in [2.75, 3.05) is 54.9 Å². The SMILES string of the molecule is O=C(Nc1ccccc1)c1ccc(Nc2nc(-c3ccc(Cl)s3)nc(N3CCN(CCO)CC3)n2)nc1. The maximum absolute atomic E-state index is 12.5. The molecule has 1 aromatic carbocycles. The fourth-order valence-electron chi connectivity index (χ4n) is 3.86. The van der Waals surface area contributed by atoms with Crippen LogP contribution < -0.4 is 15.5 Å². The molecule has 1 fully saturated rings. The number of rotatable bonds is 8.